The van der Waals surface area contributed by atoms with Gasteiger partial charge < -0.3 is 16.0 Å². The van der Waals surface area contributed by atoms with Crippen molar-refractivity contribution >= 4 is 23.3 Å². The molecule has 130 valence electrons. The number of urea groups is 1. The van der Waals surface area contributed by atoms with Gasteiger partial charge in [-0.25, -0.2) is 4.79 Å². The van der Waals surface area contributed by atoms with Crippen LogP contribution in [0.5, 0.6) is 0 Å². The number of rotatable bonds is 3. The van der Waals surface area contributed by atoms with Crippen molar-refractivity contribution in [1.82, 2.24) is 10.3 Å². The molecule has 0 saturated carbocycles. The van der Waals surface area contributed by atoms with Gasteiger partial charge in [-0.15, -0.1) is 0 Å². The molecule has 2 aromatic rings. The lowest BCUT2D eigenvalue weighted by molar-refractivity contribution is -0.116. The van der Waals surface area contributed by atoms with Crippen LogP contribution in [0.3, 0.4) is 0 Å². The Labute approximate surface area is 147 Å². The van der Waals surface area contributed by atoms with Gasteiger partial charge in [0.1, 0.15) is 0 Å². The molecule has 0 bridgehead atoms. The molecule has 6 heteroatoms. The summed E-state index contributed by atoms with van der Waals surface area (Å²) in [6, 6.07) is 9.15. The van der Waals surface area contributed by atoms with Gasteiger partial charge in [-0.3, -0.25) is 9.78 Å². The van der Waals surface area contributed by atoms with Gasteiger partial charge in [0, 0.05) is 17.8 Å². The number of fused-ring (bicyclic) bond motifs is 1. The summed E-state index contributed by atoms with van der Waals surface area (Å²) in [5, 5.41) is 8.64. The minimum absolute atomic E-state index is 0.0490. The van der Waals surface area contributed by atoms with E-state index in [1.54, 1.807) is 0 Å². The molecule has 1 atom stereocenters. The molecule has 3 amide bonds. The second-order valence-corrected chi connectivity index (χ2v) is 6.37. The Morgan fingerprint density at radius 1 is 1.20 bits per heavy atom. The van der Waals surface area contributed by atoms with Crippen LogP contribution < -0.4 is 16.0 Å². The summed E-state index contributed by atoms with van der Waals surface area (Å²) in [5.41, 5.74) is 5.36. The lowest BCUT2D eigenvalue weighted by atomic mass is 9.98. The summed E-state index contributed by atoms with van der Waals surface area (Å²) >= 11 is 0. The fraction of sp³-hybridized carbons (Fsp3) is 0.316. The highest BCUT2D eigenvalue weighted by Gasteiger charge is 2.17. The van der Waals surface area contributed by atoms with Crippen molar-refractivity contribution in [3.63, 3.8) is 0 Å². The third-order valence-corrected chi connectivity index (χ3v) is 4.35. The van der Waals surface area contributed by atoms with Crippen molar-refractivity contribution in [3.8, 4) is 0 Å². The SMILES string of the molecule is Cc1ccc(NC(=O)N[C@H](C)c2ccc3c(c2)CCC(=O)N3)c(C)n1. The predicted molar refractivity (Wildman–Crippen MR) is 97.7 cm³/mol. The summed E-state index contributed by atoms with van der Waals surface area (Å²) in [5.74, 6) is 0.0490. The van der Waals surface area contributed by atoms with Crippen LogP contribution >= 0.6 is 0 Å². The molecule has 1 aromatic carbocycles. The van der Waals surface area contributed by atoms with Crippen LogP contribution in [0.4, 0.5) is 16.2 Å². The van der Waals surface area contributed by atoms with E-state index in [0.717, 1.165) is 34.6 Å². The fourth-order valence-corrected chi connectivity index (χ4v) is 2.93. The molecule has 0 unspecified atom stereocenters. The van der Waals surface area contributed by atoms with Gasteiger partial charge in [-0.2, -0.15) is 0 Å². The molecule has 0 radical (unpaired) electrons. The second-order valence-electron chi connectivity index (χ2n) is 6.37. The smallest absolute Gasteiger partial charge is 0.319 e. The number of nitrogens with zero attached hydrogens (tertiary/aromatic N) is 1. The van der Waals surface area contributed by atoms with Crippen molar-refractivity contribution in [2.24, 2.45) is 0 Å². The highest BCUT2D eigenvalue weighted by Crippen LogP contribution is 2.26. The summed E-state index contributed by atoms with van der Waals surface area (Å²) < 4.78 is 0. The van der Waals surface area contributed by atoms with E-state index in [0.29, 0.717) is 12.1 Å². The maximum Gasteiger partial charge on any atom is 0.319 e. The van der Waals surface area contributed by atoms with Gasteiger partial charge in [0.2, 0.25) is 5.91 Å². The third-order valence-electron chi connectivity index (χ3n) is 4.35. The van der Waals surface area contributed by atoms with Gasteiger partial charge in [0.05, 0.1) is 17.4 Å². The van der Waals surface area contributed by atoms with Crippen molar-refractivity contribution in [3.05, 3.63) is 52.8 Å². The molecule has 1 aliphatic heterocycles. The molecule has 25 heavy (non-hydrogen) atoms. The molecular weight excluding hydrogens is 316 g/mol. The topological polar surface area (TPSA) is 83.1 Å². The van der Waals surface area contributed by atoms with E-state index in [4.69, 9.17) is 0 Å². The number of aryl methyl sites for hydroxylation is 3. The predicted octanol–water partition coefficient (Wildman–Crippen LogP) is 3.47. The van der Waals surface area contributed by atoms with Crippen LogP contribution in [0.1, 0.15) is 41.9 Å². The Balaban J connectivity index is 1.66. The van der Waals surface area contributed by atoms with Gasteiger partial charge in [0.15, 0.2) is 0 Å². The van der Waals surface area contributed by atoms with E-state index in [-0.39, 0.29) is 18.0 Å². The summed E-state index contributed by atoms with van der Waals surface area (Å²) in [7, 11) is 0. The molecule has 0 spiro atoms. The van der Waals surface area contributed by atoms with E-state index in [2.05, 4.69) is 20.9 Å². The fourth-order valence-electron chi connectivity index (χ4n) is 2.93. The average molecular weight is 338 g/mol. The maximum absolute atomic E-state index is 12.3. The normalized spacial score (nSPS) is 14.3. The Morgan fingerprint density at radius 3 is 2.76 bits per heavy atom. The largest absolute Gasteiger partial charge is 0.331 e. The highest BCUT2D eigenvalue weighted by atomic mass is 16.2. The molecule has 1 aromatic heterocycles. The molecule has 2 heterocycles. The zero-order valence-corrected chi connectivity index (χ0v) is 14.6. The minimum atomic E-state index is -0.271. The van der Waals surface area contributed by atoms with Gasteiger partial charge in [-0.1, -0.05) is 12.1 Å². The summed E-state index contributed by atoms with van der Waals surface area (Å²) in [4.78, 5) is 28.0. The minimum Gasteiger partial charge on any atom is -0.331 e. The first-order valence-corrected chi connectivity index (χ1v) is 8.37. The number of anilines is 2. The number of carbonyl (C=O) groups excluding carboxylic acids is 2. The quantitative estimate of drug-likeness (QED) is 0.801. The third kappa shape index (κ3) is 3.96. The standard InChI is InChI=1S/C19H22N4O2/c1-11-4-7-16(13(3)20-11)23-19(25)21-12(2)14-5-8-17-15(10-14)6-9-18(24)22-17/h4-5,7-8,10,12H,6,9H2,1-3H3,(H,22,24)(H2,21,23,25)/t12-/m1/s1. The van der Waals surface area contributed by atoms with E-state index < -0.39 is 0 Å². The summed E-state index contributed by atoms with van der Waals surface area (Å²) in [6.07, 6.45) is 1.22. The van der Waals surface area contributed by atoms with Gasteiger partial charge in [0.25, 0.3) is 0 Å². The Hall–Kier alpha value is -2.89. The van der Waals surface area contributed by atoms with Crippen LogP contribution in [-0.2, 0) is 11.2 Å². The van der Waals surface area contributed by atoms with Crippen molar-refractivity contribution in [2.45, 2.75) is 39.7 Å². The van der Waals surface area contributed by atoms with Crippen LogP contribution in [-0.4, -0.2) is 16.9 Å². The molecule has 0 fully saturated rings. The molecule has 3 rings (SSSR count). The molecule has 0 saturated heterocycles. The number of pyridine rings is 1. The molecule has 1 aliphatic rings. The Bertz CT molecular complexity index is 832. The molecule has 0 aliphatic carbocycles. The van der Waals surface area contributed by atoms with Crippen LogP contribution in [0.2, 0.25) is 0 Å². The first-order chi connectivity index (χ1) is 11.9. The zero-order valence-electron chi connectivity index (χ0n) is 14.6. The first kappa shape index (κ1) is 17.0. The number of benzene rings is 1. The number of aromatic nitrogens is 1. The maximum atomic E-state index is 12.3. The molecular formula is C19H22N4O2. The first-order valence-electron chi connectivity index (χ1n) is 8.37. The molecule has 3 N–H and O–H groups in total. The summed E-state index contributed by atoms with van der Waals surface area (Å²) in [6.45, 7) is 5.71. The Morgan fingerprint density at radius 2 is 2.00 bits per heavy atom. The van der Waals surface area contributed by atoms with E-state index >= 15 is 0 Å². The number of nitrogens with one attached hydrogen (secondary N) is 3. The zero-order chi connectivity index (χ0) is 18.0. The number of amides is 3. The van der Waals surface area contributed by atoms with E-state index in [9.17, 15) is 9.59 Å². The highest BCUT2D eigenvalue weighted by molar-refractivity contribution is 5.94. The van der Waals surface area contributed by atoms with Crippen molar-refractivity contribution in [1.29, 1.82) is 0 Å². The number of hydrogen-bond acceptors (Lipinski definition) is 3. The second kappa shape index (κ2) is 6.93. The Kier molecular flexibility index (Phi) is 4.70. The van der Waals surface area contributed by atoms with Gasteiger partial charge in [-0.05, 0) is 56.5 Å². The number of carbonyl (C=O) groups is 2. The average Bonchev–Trinajstić information content (AvgIpc) is 2.56. The van der Waals surface area contributed by atoms with E-state index in [1.165, 1.54) is 0 Å². The number of hydrogen-bond donors (Lipinski definition) is 3. The van der Waals surface area contributed by atoms with Gasteiger partial charge >= 0.3 is 6.03 Å². The van der Waals surface area contributed by atoms with Crippen molar-refractivity contribution in [2.75, 3.05) is 10.6 Å². The van der Waals surface area contributed by atoms with Crippen LogP contribution in [0, 0.1) is 13.8 Å². The molecule has 6 nitrogen and oxygen atoms in total. The van der Waals surface area contributed by atoms with Crippen molar-refractivity contribution < 1.29 is 9.59 Å². The van der Waals surface area contributed by atoms with Crippen LogP contribution in [0.25, 0.3) is 0 Å². The lowest BCUT2D eigenvalue weighted by Crippen LogP contribution is -2.31. The monoisotopic (exact) mass is 338 g/mol. The lowest BCUT2D eigenvalue weighted by Gasteiger charge is -2.20. The van der Waals surface area contributed by atoms with Crippen LogP contribution in [0.15, 0.2) is 30.3 Å². The van der Waals surface area contributed by atoms with E-state index in [1.807, 2.05) is 51.1 Å².